The van der Waals surface area contributed by atoms with Crippen LogP contribution in [0.15, 0.2) is 18.3 Å². The molecule has 1 aromatic rings. The Morgan fingerprint density at radius 2 is 2.15 bits per heavy atom. The van der Waals surface area contributed by atoms with Crippen LogP contribution in [-0.2, 0) is 6.54 Å². The van der Waals surface area contributed by atoms with Gasteiger partial charge in [0.05, 0.1) is 0 Å². The third-order valence-electron chi connectivity index (χ3n) is 4.16. The van der Waals surface area contributed by atoms with Crippen molar-refractivity contribution in [3.63, 3.8) is 0 Å². The largest absolute Gasteiger partial charge is 0.370 e. The number of likely N-dealkylation sites (N-methyl/N-ethyl adjacent to an activating group) is 1. The molecule has 1 unspecified atom stereocenters. The fourth-order valence-corrected chi connectivity index (χ4v) is 3.10. The zero-order valence-corrected chi connectivity index (χ0v) is 13.1. The van der Waals surface area contributed by atoms with Gasteiger partial charge in [0.2, 0.25) is 0 Å². The minimum atomic E-state index is 0.736. The summed E-state index contributed by atoms with van der Waals surface area (Å²) >= 11 is 0. The van der Waals surface area contributed by atoms with E-state index in [0.29, 0.717) is 0 Å². The highest BCUT2D eigenvalue weighted by atomic mass is 15.2. The van der Waals surface area contributed by atoms with Gasteiger partial charge in [-0.3, -0.25) is 9.80 Å². The van der Waals surface area contributed by atoms with Gasteiger partial charge in [-0.25, -0.2) is 4.98 Å². The molecule has 1 atom stereocenters. The van der Waals surface area contributed by atoms with Crippen LogP contribution in [0.4, 0.5) is 5.82 Å². The van der Waals surface area contributed by atoms with E-state index in [1.807, 2.05) is 6.20 Å². The van der Waals surface area contributed by atoms with Crippen molar-refractivity contribution in [3.05, 3.63) is 23.9 Å². The van der Waals surface area contributed by atoms with Gasteiger partial charge in [0.1, 0.15) is 5.82 Å². The van der Waals surface area contributed by atoms with E-state index in [2.05, 4.69) is 53.0 Å². The van der Waals surface area contributed by atoms with Crippen molar-refractivity contribution in [1.29, 1.82) is 0 Å². The standard InChI is InChI=1S/C16H28N4/c1-4-17-16-11-14(7-9-18-16)12-19-10-8-15(13-19)20(5-2)6-3/h7,9,11,15H,4-6,8,10,12-13H2,1-3H3,(H,17,18). The van der Waals surface area contributed by atoms with Crippen LogP contribution in [0.1, 0.15) is 32.8 Å². The minimum absolute atomic E-state index is 0.736. The first-order valence-corrected chi connectivity index (χ1v) is 7.92. The van der Waals surface area contributed by atoms with Crippen LogP contribution >= 0.6 is 0 Å². The second-order valence-electron chi connectivity index (χ2n) is 5.48. The Morgan fingerprint density at radius 1 is 1.35 bits per heavy atom. The number of rotatable bonds is 7. The number of pyridine rings is 1. The van der Waals surface area contributed by atoms with Crippen molar-refractivity contribution >= 4 is 5.82 Å². The average Bonchev–Trinajstić information content (AvgIpc) is 2.89. The summed E-state index contributed by atoms with van der Waals surface area (Å²) in [6.07, 6.45) is 3.21. The zero-order valence-electron chi connectivity index (χ0n) is 13.1. The van der Waals surface area contributed by atoms with E-state index in [0.717, 1.165) is 38.0 Å². The third kappa shape index (κ3) is 3.93. The molecule has 112 valence electrons. The average molecular weight is 276 g/mol. The summed E-state index contributed by atoms with van der Waals surface area (Å²) in [5.41, 5.74) is 1.36. The van der Waals surface area contributed by atoms with Crippen molar-refractivity contribution in [2.45, 2.75) is 39.8 Å². The number of aromatic nitrogens is 1. The normalized spacial score (nSPS) is 19.7. The minimum Gasteiger partial charge on any atom is -0.370 e. The Hall–Kier alpha value is -1.13. The number of hydrogen-bond acceptors (Lipinski definition) is 4. The van der Waals surface area contributed by atoms with Crippen molar-refractivity contribution in [1.82, 2.24) is 14.8 Å². The fourth-order valence-electron chi connectivity index (χ4n) is 3.10. The first kappa shape index (κ1) is 15.3. The molecule has 2 rings (SSSR count). The van der Waals surface area contributed by atoms with Crippen LogP contribution in [0.5, 0.6) is 0 Å². The van der Waals surface area contributed by atoms with E-state index in [4.69, 9.17) is 0 Å². The summed E-state index contributed by atoms with van der Waals surface area (Å²) in [4.78, 5) is 9.48. The number of nitrogens with zero attached hydrogens (tertiary/aromatic N) is 3. The lowest BCUT2D eigenvalue weighted by molar-refractivity contribution is 0.209. The molecule has 4 heteroatoms. The molecule has 0 bridgehead atoms. The maximum atomic E-state index is 4.34. The lowest BCUT2D eigenvalue weighted by atomic mass is 10.2. The Morgan fingerprint density at radius 3 is 2.85 bits per heavy atom. The van der Waals surface area contributed by atoms with Gasteiger partial charge in [-0.2, -0.15) is 0 Å². The summed E-state index contributed by atoms with van der Waals surface area (Å²) < 4.78 is 0. The number of hydrogen-bond donors (Lipinski definition) is 1. The molecular formula is C16H28N4. The monoisotopic (exact) mass is 276 g/mol. The van der Waals surface area contributed by atoms with Gasteiger partial charge in [-0.05, 0) is 44.1 Å². The Balaban J connectivity index is 1.90. The molecule has 20 heavy (non-hydrogen) atoms. The first-order chi connectivity index (χ1) is 9.76. The fraction of sp³-hybridized carbons (Fsp3) is 0.688. The zero-order chi connectivity index (χ0) is 14.4. The Labute approximate surface area is 123 Å². The lowest BCUT2D eigenvalue weighted by Crippen LogP contribution is -2.37. The highest BCUT2D eigenvalue weighted by Crippen LogP contribution is 2.18. The van der Waals surface area contributed by atoms with Gasteiger partial charge >= 0.3 is 0 Å². The molecule has 0 saturated carbocycles. The molecule has 1 aromatic heterocycles. The molecule has 0 radical (unpaired) electrons. The van der Waals surface area contributed by atoms with Crippen LogP contribution in [0.25, 0.3) is 0 Å². The maximum Gasteiger partial charge on any atom is 0.126 e. The van der Waals surface area contributed by atoms with E-state index in [1.54, 1.807) is 0 Å². The summed E-state index contributed by atoms with van der Waals surface area (Å²) in [6.45, 7) is 13.3. The predicted molar refractivity (Wildman–Crippen MR) is 85.0 cm³/mol. The second-order valence-corrected chi connectivity index (χ2v) is 5.48. The van der Waals surface area contributed by atoms with Gasteiger partial charge in [0.15, 0.2) is 0 Å². The molecule has 1 saturated heterocycles. The molecule has 1 aliphatic heterocycles. The summed E-state index contributed by atoms with van der Waals surface area (Å²) in [7, 11) is 0. The van der Waals surface area contributed by atoms with Gasteiger partial charge in [-0.15, -0.1) is 0 Å². The van der Waals surface area contributed by atoms with E-state index in [-0.39, 0.29) is 0 Å². The Bertz CT molecular complexity index is 403. The van der Waals surface area contributed by atoms with Gasteiger partial charge in [0.25, 0.3) is 0 Å². The smallest absolute Gasteiger partial charge is 0.126 e. The number of anilines is 1. The highest BCUT2D eigenvalue weighted by Gasteiger charge is 2.25. The summed E-state index contributed by atoms with van der Waals surface area (Å²) in [6, 6.07) is 5.04. The summed E-state index contributed by atoms with van der Waals surface area (Å²) in [5, 5.41) is 3.28. The van der Waals surface area contributed by atoms with Gasteiger partial charge < -0.3 is 5.32 Å². The topological polar surface area (TPSA) is 31.4 Å². The molecule has 1 aliphatic rings. The first-order valence-electron chi connectivity index (χ1n) is 7.92. The second kappa shape index (κ2) is 7.60. The molecule has 1 N–H and O–H groups in total. The predicted octanol–water partition coefficient (Wildman–Crippen LogP) is 2.43. The van der Waals surface area contributed by atoms with Crippen molar-refractivity contribution < 1.29 is 0 Å². The molecular weight excluding hydrogens is 248 g/mol. The number of nitrogens with one attached hydrogen (secondary N) is 1. The van der Waals surface area contributed by atoms with E-state index >= 15 is 0 Å². The van der Waals surface area contributed by atoms with Crippen LogP contribution < -0.4 is 5.32 Å². The molecule has 4 nitrogen and oxygen atoms in total. The maximum absolute atomic E-state index is 4.34. The van der Waals surface area contributed by atoms with Gasteiger partial charge in [-0.1, -0.05) is 13.8 Å². The lowest BCUT2D eigenvalue weighted by Gasteiger charge is -2.26. The molecule has 0 aliphatic carbocycles. The molecule has 1 fully saturated rings. The molecule has 0 amide bonds. The van der Waals surface area contributed by atoms with Crippen LogP contribution in [0.2, 0.25) is 0 Å². The molecule has 2 heterocycles. The van der Waals surface area contributed by atoms with Crippen LogP contribution in [0, 0.1) is 0 Å². The Kier molecular flexibility index (Phi) is 5.80. The third-order valence-corrected chi connectivity index (χ3v) is 4.16. The van der Waals surface area contributed by atoms with Crippen molar-refractivity contribution in [2.24, 2.45) is 0 Å². The van der Waals surface area contributed by atoms with E-state index in [9.17, 15) is 0 Å². The highest BCUT2D eigenvalue weighted by molar-refractivity contribution is 5.37. The SMILES string of the molecule is CCNc1cc(CN2CCC(N(CC)CC)C2)ccn1. The van der Waals surface area contributed by atoms with Crippen molar-refractivity contribution in [3.8, 4) is 0 Å². The van der Waals surface area contributed by atoms with E-state index < -0.39 is 0 Å². The molecule has 0 spiro atoms. The van der Waals surface area contributed by atoms with Crippen molar-refractivity contribution in [2.75, 3.05) is 38.0 Å². The number of likely N-dealkylation sites (tertiary alicyclic amines) is 1. The van der Waals surface area contributed by atoms with Crippen LogP contribution in [0.3, 0.4) is 0 Å². The molecule has 0 aromatic carbocycles. The van der Waals surface area contributed by atoms with Crippen LogP contribution in [-0.4, -0.2) is 53.5 Å². The van der Waals surface area contributed by atoms with E-state index in [1.165, 1.54) is 25.1 Å². The van der Waals surface area contributed by atoms with Gasteiger partial charge in [0, 0.05) is 38.4 Å². The summed E-state index contributed by atoms with van der Waals surface area (Å²) in [5.74, 6) is 0.990. The quantitative estimate of drug-likeness (QED) is 0.829.